The zero-order chi connectivity index (χ0) is 19.9. The molecule has 2 N–H and O–H groups in total. The molecule has 164 valence electrons. The van der Waals surface area contributed by atoms with Crippen LogP contribution in [0.5, 0.6) is 0 Å². The molecule has 0 radical (unpaired) electrons. The molecule has 2 rings (SSSR count). The van der Waals surface area contributed by atoms with Crippen molar-refractivity contribution in [2.75, 3.05) is 46.0 Å². The van der Waals surface area contributed by atoms with Gasteiger partial charge in [-0.1, -0.05) is 12.8 Å². The molecule has 1 saturated carbocycles. The van der Waals surface area contributed by atoms with E-state index in [0.29, 0.717) is 31.4 Å². The van der Waals surface area contributed by atoms with Gasteiger partial charge in [-0.25, -0.2) is 12.7 Å². The monoisotopic (exact) mass is 529 g/mol. The number of nitrogens with one attached hydrogen (secondary N) is 2. The molecule has 8 nitrogen and oxygen atoms in total. The highest BCUT2D eigenvalue weighted by Crippen LogP contribution is 2.27. The number of carbonyl (C=O) groups excluding carboxylic acids is 1. The molecule has 1 heterocycles. The van der Waals surface area contributed by atoms with Crippen molar-refractivity contribution in [3.8, 4) is 0 Å². The first-order valence-electron chi connectivity index (χ1n) is 10.1. The highest BCUT2D eigenvalue weighted by molar-refractivity contribution is 14.0. The molecule has 2 fully saturated rings. The largest absolute Gasteiger partial charge is 0.356 e. The van der Waals surface area contributed by atoms with E-state index in [1.54, 1.807) is 21.0 Å². The van der Waals surface area contributed by atoms with Gasteiger partial charge < -0.3 is 15.5 Å². The highest BCUT2D eigenvalue weighted by atomic mass is 127. The van der Waals surface area contributed by atoms with Gasteiger partial charge in [0.2, 0.25) is 15.9 Å². The first-order chi connectivity index (χ1) is 12.9. The lowest BCUT2D eigenvalue weighted by Crippen LogP contribution is -2.46. The van der Waals surface area contributed by atoms with Gasteiger partial charge in [0.25, 0.3) is 0 Å². The lowest BCUT2D eigenvalue weighted by atomic mass is 10.1. The van der Waals surface area contributed by atoms with E-state index in [1.807, 2.05) is 4.90 Å². The summed E-state index contributed by atoms with van der Waals surface area (Å²) in [7, 11) is 0.211. The number of aliphatic imine (C=N–C) groups is 1. The summed E-state index contributed by atoms with van der Waals surface area (Å²) in [6, 6.07) is 0.213. The Hall–Kier alpha value is -0.620. The fourth-order valence-electron chi connectivity index (χ4n) is 3.77. The molecule has 2 aliphatic rings. The first kappa shape index (κ1) is 25.4. The molecule has 28 heavy (non-hydrogen) atoms. The number of halogens is 1. The van der Waals surface area contributed by atoms with Gasteiger partial charge in [-0.15, -0.1) is 24.0 Å². The predicted molar refractivity (Wildman–Crippen MR) is 124 cm³/mol. The number of carbonyl (C=O) groups is 1. The van der Waals surface area contributed by atoms with Crippen LogP contribution in [0.2, 0.25) is 0 Å². The number of rotatable bonds is 8. The quantitative estimate of drug-likeness (QED) is 0.214. The summed E-state index contributed by atoms with van der Waals surface area (Å²) < 4.78 is 24.9. The van der Waals surface area contributed by atoms with Gasteiger partial charge in [0.05, 0.1) is 5.75 Å². The Balaban J connectivity index is 0.00000392. The van der Waals surface area contributed by atoms with Crippen molar-refractivity contribution in [2.45, 2.75) is 51.5 Å². The van der Waals surface area contributed by atoms with Gasteiger partial charge in [0.1, 0.15) is 0 Å². The Morgan fingerprint density at radius 3 is 2.54 bits per heavy atom. The number of hydrogen-bond donors (Lipinski definition) is 2. The fourth-order valence-corrected chi connectivity index (χ4v) is 4.61. The summed E-state index contributed by atoms with van der Waals surface area (Å²) in [6.07, 6.45) is 6.07. The second kappa shape index (κ2) is 12.2. The topological polar surface area (TPSA) is 94.1 Å². The Kier molecular flexibility index (Phi) is 11.0. The van der Waals surface area contributed by atoms with Gasteiger partial charge >= 0.3 is 0 Å². The van der Waals surface area contributed by atoms with Crippen molar-refractivity contribution in [2.24, 2.45) is 10.9 Å². The maximum atomic E-state index is 12.5. The molecule has 0 aromatic carbocycles. The lowest BCUT2D eigenvalue weighted by molar-refractivity contribution is -0.134. The number of sulfonamides is 1. The van der Waals surface area contributed by atoms with Crippen molar-refractivity contribution in [1.29, 1.82) is 0 Å². The molecule has 0 aromatic rings. The van der Waals surface area contributed by atoms with Crippen LogP contribution in [0.15, 0.2) is 4.99 Å². The van der Waals surface area contributed by atoms with Crippen molar-refractivity contribution >= 4 is 45.9 Å². The van der Waals surface area contributed by atoms with Gasteiger partial charge in [0.15, 0.2) is 5.96 Å². The van der Waals surface area contributed by atoms with Crippen LogP contribution in [0.25, 0.3) is 0 Å². The predicted octanol–water partition coefficient (Wildman–Crippen LogP) is 1.23. The Bertz CT molecular complexity index is 623. The van der Waals surface area contributed by atoms with Crippen LogP contribution < -0.4 is 10.6 Å². The summed E-state index contributed by atoms with van der Waals surface area (Å²) in [5, 5.41) is 6.62. The van der Waals surface area contributed by atoms with Crippen molar-refractivity contribution in [3.05, 3.63) is 0 Å². The number of guanidine groups is 1. The van der Waals surface area contributed by atoms with Crippen LogP contribution in [0.1, 0.15) is 45.4 Å². The van der Waals surface area contributed by atoms with E-state index in [2.05, 4.69) is 15.6 Å². The average Bonchev–Trinajstić information content (AvgIpc) is 3.35. The van der Waals surface area contributed by atoms with Crippen molar-refractivity contribution < 1.29 is 13.2 Å². The zero-order valence-electron chi connectivity index (χ0n) is 17.3. The van der Waals surface area contributed by atoms with E-state index in [0.717, 1.165) is 32.4 Å². The van der Waals surface area contributed by atoms with Crippen molar-refractivity contribution in [1.82, 2.24) is 19.8 Å². The highest BCUT2D eigenvalue weighted by Gasteiger charge is 2.32. The normalized spacial score (nSPS) is 21.1. The molecule has 1 atom stereocenters. The molecule has 0 spiro atoms. The number of hydrogen-bond acceptors (Lipinski definition) is 4. The van der Waals surface area contributed by atoms with E-state index in [-0.39, 0.29) is 41.7 Å². The first-order valence-corrected chi connectivity index (χ1v) is 11.7. The van der Waals surface area contributed by atoms with Crippen LogP contribution in [-0.2, 0) is 14.8 Å². The maximum Gasteiger partial charge on any atom is 0.225 e. The molecular weight excluding hydrogens is 493 g/mol. The van der Waals surface area contributed by atoms with Gasteiger partial charge in [-0.3, -0.25) is 9.79 Å². The Morgan fingerprint density at radius 2 is 1.93 bits per heavy atom. The molecule has 1 saturated heterocycles. The summed E-state index contributed by atoms with van der Waals surface area (Å²) in [5.74, 6) is 1.38. The van der Waals surface area contributed by atoms with Crippen LogP contribution in [0.3, 0.4) is 0 Å². The standard InChI is InChI=1S/C18H35N5O3S.HI/c1-4-27(25,26)22(3)12-7-11-20-18(19-2)21-16-10-13-23(14-16)17(24)15-8-5-6-9-15;/h15-16H,4-14H2,1-3H3,(H2,19,20,21);1H. The molecule has 10 heteroatoms. The summed E-state index contributed by atoms with van der Waals surface area (Å²) in [4.78, 5) is 18.8. The minimum atomic E-state index is -3.12. The molecule has 1 aliphatic heterocycles. The lowest BCUT2D eigenvalue weighted by Gasteiger charge is -2.21. The van der Waals surface area contributed by atoms with Crippen LogP contribution >= 0.6 is 24.0 Å². The average molecular weight is 529 g/mol. The Morgan fingerprint density at radius 1 is 1.25 bits per heavy atom. The summed E-state index contributed by atoms with van der Waals surface area (Å²) >= 11 is 0. The van der Waals surface area contributed by atoms with Gasteiger partial charge in [0, 0.05) is 52.2 Å². The Labute approximate surface area is 187 Å². The van der Waals surface area contributed by atoms with Gasteiger partial charge in [-0.2, -0.15) is 0 Å². The number of amides is 1. The molecule has 1 unspecified atom stereocenters. The van der Waals surface area contributed by atoms with E-state index in [1.165, 1.54) is 17.1 Å². The van der Waals surface area contributed by atoms with E-state index in [4.69, 9.17) is 0 Å². The zero-order valence-corrected chi connectivity index (χ0v) is 20.5. The van der Waals surface area contributed by atoms with Crippen molar-refractivity contribution in [3.63, 3.8) is 0 Å². The second-order valence-electron chi connectivity index (χ2n) is 7.47. The van der Waals surface area contributed by atoms with E-state index >= 15 is 0 Å². The third kappa shape index (κ3) is 7.33. The third-order valence-corrected chi connectivity index (χ3v) is 7.41. The maximum absolute atomic E-state index is 12.5. The van der Waals surface area contributed by atoms with Crippen LogP contribution in [0, 0.1) is 5.92 Å². The third-order valence-electron chi connectivity index (χ3n) is 5.55. The minimum absolute atomic E-state index is 0. The molecule has 0 bridgehead atoms. The second-order valence-corrected chi connectivity index (χ2v) is 9.83. The SMILES string of the molecule is CCS(=O)(=O)N(C)CCCNC(=NC)NC1CCN(C(=O)C2CCCC2)C1.I. The molecular formula is C18H36IN5O3S. The smallest absolute Gasteiger partial charge is 0.225 e. The van der Waals surface area contributed by atoms with Crippen LogP contribution in [-0.4, -0.2) is 81.6 Å². The number of nitrogens with zero attached hydrogens (tertiary/aromatic N) is 3. The van der Waals surface area contributed by atoms with E-state index < -0.39 is 10.0 Å². The molecule has 1 aliphatic carbocycles. The van der Waals surface area contributed by atoms with Gasteiger partial charge in [-0.05, 0) is 32.6 Å². The van der Waals surface area contributed by atoms with Crippen LogP contribution in [0.4, 0.5) is 0 Å². The molecule has 1 amide bonds. The van der Waals surface area contributed by atoms with E-state index in [9.17, 15) is 13.2 Å². The summed E-state index contributed by atoms with van der Waals surface area (Å²) in [5.41, 5.74) is 0. The molecule has 0 aromatic heterocycles. The minimum Gasteiger partial charge on any atom is -0.356 e. The summed E-state index contributed by atoms with van der Waals surface area (Å²) in [6.45, 7) is 4.31. The fraction of sp³-hybridized carbons (Fsp3) is 0.889. The number of likely N-dealkylation sites (tertiary alicyclic amines) is 1.